The highest BCUT2D eigenvalue weighted by atomic mass is 32.2. The van der Waals surface area contributed by atoms with Crippen molar-refractivity contribution in [3.05, 3.63) is 82.4 Å². The van der Waals surface area contributed by atoms with Gasteiger partial charge < -0.3 is 38.6 Å². The van der Waals surface area contributed by atoms with E-state index in [-0.39, 0.29) is 23.9 Å². The van der Waals surface area contributed by atoms with Gasteiger partial charge in [-0.05, 0) is 100 Å². The lowest BCUT2D eigenvalue weighted by Gasteiger charge is -2.39. The van der Waals surface area contributed by atoms with Gasteiger partial charge in [0.25, 0.3) is 0 Å². The van der Waals surface area contributed by atoms with Crippen LogP contribution in [0, 0.1) is 0 Å². The van der Waals surface area contributed by atoms with Gasteiger partial charge >= 0.3 is 11.9 Å². The normalized spacial score (nSPS) is 23.1. The summed E-state index contributed by atoms with van der Waals surface area (Å²) < 4.78 is 35.0. The van der Waals surface area contributed by atoms with Crippen molar-refractivity contribution < 1.29 is 48.2 Å². The second kappa shape index (κ2) is 19.8. The van der Waals surface area contributed by atoms with Gasteiger partial charge in [0.15, 0.2) is 45.5 Å². The SMILES string of the molecule is CCOc1cc2c(cc1OC)C(c1cnc(SC)nc1)=N[C@H]1CC[C@H](OC(=O)C(O)C(O)C(=O)O[C@H]3CC[C@@H]4N=C(c5cnc(SC)nc5)c5cc(OC)c(OCC)cc5[C@@H]4C3)C[C@@H]21. The van der Waals surface area contributed by atoms with Crippen LogP contribution in [0.3, 0.4) is 0 Å². The van der Waals surface area contributed by atoms with Gasteiger partial charge in [-0.2, -0.15) is 0 Å². The minimum atomic E-state index is -2.16. The first-order chi connectivity index (χ1) is 31.1. The van der Waals surface area contributed by atoms with Crippen molar-refractivity contribution in [1.29, 1.82) is 0 Å². The van der Waals surface area contributed by atoms with Crippen molar-refractivity contribution in [1.82, 2.24) is 19.9 Å². The Kier molecular flexibility index (Phi) is 14.0. The van der Waals surface area contributed by atoms with Crippen molar-refractivity contribution in [2.75, 3.05) is 39.9 Å². The van der Waals surface area contributed by atoms with E-state index >= 15 is 0 Å². The van der Waals surface area contributed by atoms with Crippen molar-refractivity contribution in [3.63, 3.8) is 0 Å². The van der Waals surface area contributed by atoms with Gasteiger partial charge in [-0.3, -0.25) is 9.98 Å². The molecule has 4 heterocycles. The fourth-order valence-electron chi connectivity index (χ4n) is 9.20. The van der Waals surface area contributed by atoms with Crippen LogP contribution >= 0.6 is 23.5 Å². The third-order valence-electron chi connectivity index (χ3n) is 12.2. The number of benzene rings is 2. The summed E-state index contributed by atoms with van der Waals surface area (Å²) in [6.45, 7) is 4.65. The molecule has 2 aromatic heterocycles. The first-order valence-electron chi connectivity index (χ1n) is 21.4. The number of methoxy groups -OCH3 is 2. The number of carbonyl (C=O) groups excluding carboxylic acids is 2. The van der Waals surface area contributed by atoms with Crippen LogP contribution in [-0.2, 0) is 19.1 Å². The zero-order chi connectivity index (χ0) is 45.1. The molecule has 8 atom stereocenters. The Morgan fingerprint density at radius 2 is 1.02 bits per heavy atom. The van der Waals surface area contributed by atoms with Gasteiger partial charge in [-0.1, -0.05) is 23.5 Å². The lowest BCUT2D eigenvalue weighted by molar-refractivity contribution is -0.180. The van der Waals surface area contributed by atoms with Gasteiger partial charge in [0.05, 0.1) is 50.9 Å². The molecular formula is C46H52N6O10S2. The number of rotatable bonds is 15. The molecular weight excluding hydrogens is 861 g/mol. The van der Waals surface area contributed by atoms with E-state index in [0.29, 0.717) is 85.0 Å². The number of esters is 2. The number of fused-ring (bicyclic) bond motifs is 6. The Balaban J connectivity index is 0.948. The summed E-state index contributed by atoms with van der Waals surface area (Å²) in [7, 11) is 3.17. The summed E-state index contributed by atoms with van der Waals surface area (Å²) in [6, 6.07) is 7.42. The molecule has 2 aliphatic carbocycles. The molecule has 4 aliphatic rings. The highest BCUT2D eigenvalue weighted by molar-refractivity contribution is 7.98. The molecule has 18 heteroatoms. The number of nitrogens with zero attached hydrogens (tertiary/aromatic N) is 6. The Morgan fingerprint density at radius 1 is 0.625 bits per heavy atom. The lowest BCUT2D eigenvalue weighted by Crippen LogP contribution is -2.45. The predicted molar refractivity (Wildman–Crippen MR) is 240 cm³/mol. The quantitative estimate of drug-likeness (QED) is 0.0828. The predicted octanol–water partition coefficient (Wildman–Crippen LogP) is 5.74. The van der Waals surface area contributed by atoms with Crippen LogP contribution in [-0.4, -0.2) is 130 Å². The Labute approximate surface area is 380 Å². The van der Waals surface area contributed by atoms with Crippen molar-refractivity contribution in [2.45, 2.75) is 111 Å². The van der Waals surface area contributed by atoms with Crippen molar-refractivity contribution in [3.8, 4) is 23.0 Å². The van der Waals surface area contributed by atoms with Gasteiger partial charge in [-0.25, -0.2) is 29.5 Å². The second-order valence-electron chi connectivity index (χ2n) is 15.9. The molecule has 0 bridgehead atoms. The molecule has 0 saturated heterocycles. The van der Waals surface area contributed by atoms with Crippen LogP contribution in [0.15, 0.2) is 69.4 Å². The number of aliphatic imine (C=N–C) groups is 2. The molecule has 16 nitrogen and oxygen atoms in total. The summed E-state index contributed by atoms with van der Waals surface area (Å²) in [5, 5.41) is 23.4. The largest absolute Gasteiger partial charge is 0.493 e. The van der Waals surface area contributed by atoms with Gasteiger partial charge in [0, 0.05) is 58.9 Å². The van der Waals surface area contributed by atoms with E-state index in [1.807, 2.05) is 50.6 Å². The smallest absolute Gasteiger partial charge is 0.338 e. The zero-order valence-electron chi connectivity index (χ0n) is 36.6. The van der Waals surface area contributed by atoms with Crippen LogP contribution in [0.4, 0.5) is 0 Å². The van der Waals surface area contributed by atoms with E-state index in [1.54, 1.807) is 39.0 Å². The van der Waals surface area contributed by atoms with E-state index in [9.17, 15) is 19.8 Å². The monoisotopic (exact) mass is 912 g/mol. The summed E-state index contributed by atoms with van der Waals surface area (Å²) in [6.07, 6.45) is 8.12. The zero-order valence-corrected chi connectivity index (χ0v) is 38.2. The fraction of sp³-hybridized carbons (Fsp3) is 0.478. The number of hydrogen-bond donors (Lipinski definition) is 2. The fourth-order valence-corrected chi connectivity index (χ4v) is 9.83. The Morgan fingerprint density at radius 3 is 1.36 bits per heavy atom. The first kappa shape index (κ1) is 45.3. The molecule has 2 aliphatic heterocycles. The minimum absolute atomic E-state index is 0.150. The number of hydrogen-bond acceptors (Lipinski definition) is 18. The second-order valence-corrected chi connectivity index (χ2v) is 17.4. The Bertz CT molecular complexity index is 2250. The van der Waals surface area contributed by atoms with E-state index in [4.69, 9.17) is 38.4 Å². The molecule has 338 valence electrons. The number of thioether (sulfide) groups is 2. The molecule has 2 fully saturated rings. The molecule has 8 rings (SSSR count). The highest BCUT2D eigenvalue weighted by Crippen LogP contribution is 2.47. The maximum Gasteiger partial charge on any atom is 0.338 e. The molecule has 0 spiro atoms. The molecule has 2 N–H and O–H groups in total. The van der Waals surface area contributed by atoms with Gasteiger partial charge in [0.1, 0.15) is 12.2 Å². The number of aliphatic hydroxyl groups excluding tert-OH is 2. The van der Waals surface area contributed by atoms with Crippen LogP contribution in [0.5, 0.6) is 23.0 Å². The third-order valence-corrected chi connectivity index (χ3v) is 13.4. The van der Waals surface area contributed by atoms with Crippen LogP contribution < -0.4 is 18.9 Å². The third kappa shape index (κ3) is 9.14. The standard InChI is InChI=1S/C46H52N6O10S2/c1-7-59-37-15-27-29-13-25(9-11-33(29)51-39(31(27)17-35(37)57-3)23-19-47-45(63-5)48-20-23)61-43(55)41(53)42(54)44(56)62-26-10-12-34-30(14-26)28-16-38(60-8-2)36(58-4)18-32(28)40(52-34)24-21-49-46(64-6)50-22-24/h15-22,25-26,29-30,33-34,41-42,53-54H,7-14H2,1-6H3/t25-,26-,29-,30-,33-,34-,41?,42?/m0/s1. The Hall–Kier alpha value is -5.30. The average Bonchev–Trinajstić information content (AvgIpc) is 3.32. The van der Waals surface area contributed by atoms with Crippen LogP contribution in [0.1, 0.15) is 97.6 Å². The molecule has 2 saturated carbocycles. The average molecular weight is 913 g/mol. The number of aliphatic hydroxyl groups is 2. The summed E-state index contributed by atoms with van der Waals surface area (Å²) in [4.78, 5) is 55.2. The van der Waals surface area contributed by atoms with Gasteiger partial charge in [0.2, 0.25) is 0 Å². The molecule has 2 aromatic carbocycles. The maximum atomic E-state index is 13.4. The van der Waals surface area contributed by atoms with E-state index in [0.717, 1.165) is 44.8 Å². The number of ether oxygens (including phenoxy) is 6. The minimum Gasteiger partial charge on any atom is -0.493 e. The van der Waals surface area contributed by atoms with E-state index in [1.165, 1.54) is 23.5 Å². The lowest BCUT2D eigenvalue weighted by atomic mass is 9.74. The maximum absolute atomic E-state index is 13.4. The number of carbonyl (C=O) groups is 2. The van der Waals surface area contributed by atoms with Crippen molar-refractivity contribution in [2.24, 2.45) is 9.98 Å². The number of aromatic nitrogens is 4. The molecule has 2 unspecified atom stereocenters. The summed E-state index contributed by atoms with van der Waals surface area (Å²) >= 11 is 2.90. The summed E-state index contributed by atoms with van der Waals surface area (Å²) in [5.74, 6) is -0.302. The van der Waals surface area contributed by atoms with Crippen molar-refractivity contribution >= 4 is 46.9 Å². The van der Waals surface area contributed by atoms with E-state index in [2.05, 4.69) is 19.9 Å². The van der Waals surface area contributed by atoms with Crippen LogP contribution in [0.25, 0.3) is 0 Å². The highest BCUT2D eigenvalue weighted by Gasteiger charge is 2.43. The molecule has 64 heavy (non-hydrogen) atoms. The summed E-state index contributed by atoms with van der Waals surface area (Å²) in [5.41, 5.74) is 6.55. The van der Waals surface area contributed by atoms with Gasteiger partial charge in [-0.15, -0.1) is 0 Å². The molecule has 0 amide bonds. The molecule has 4 aromatic rings. The first-order valence-corrected chi connectivity index (χ1v) is 23.9. The molecule has 0 radical (unpaired) electrons. The van der Waals surface area contributed by atoms with E-state index < -0.39 is 36.4 Å². The van der Waals surface area contributed by atoms with Crippen LogP contribution in [0.2, 0.25) is 0 Å². The topological polar surface area (TPSA) is 206 Å².